The smallest absolute Gasteiger partial charge is 0.228 e. The van der Waals surface area contributed by atoms with E-state index in [4.69, 9.17) is 0 Å². The Bertz CT molecular complexity index is 691. The minimum absolute atomic E-state index is 0.0833. The molecule has 2 amide bonds. The van der Waals surface area contributed by atoms with Crippen molar-refractivity contribution in [2.24, 2.45) is 11.8 Å². The molecule has 2 unspecified atom stereocenters. The van der Waals surface area contributed by atoms with E-state index in [9.17, 15) is 9.59 Å². The molecule has 1 aliphatic rings. The summed E-state index contributed by atoms with van der Waals surface area (Å²) in [6, 6.07) is 15.3. The molecule has 0 radical (unpaired) electrons. The van der Waals surface area contributed by atoms with Gasteiger partial charge in [0.2, 0.25) is 11.8 Å². The minimum atomic E-state index is -0.236. The molecule has 4 heteroatoms. The van der Waals surface area contributed by atoms with Crippen molar-refractivity contribution < 1.29 is 9.59 Å². The third-order valence-corrected chi connectivity index (χ3v) is 4.04. The molecule has 23 heavy (non-hydrogen) atoms. The van der Waals surface area contributed by atoms with E-state index in [1.807, 2.05) is 62.4 Å². The van der Waals surface area contributed by atoms with Crippen LogP contribution in [0.1, 0.15) is 17.5 Å². The van der Waals surface area contributed by atoms with Crippen molar-refractivity contribution in [3.8, 4) is 0 Å². The summed E-state index contributed by atoms with van der Waals surface area (Å²) in [6.45, 7) is 3.95. The van der Waals surface area contributed by atoms with Gasteiger partial charge in [0, 0.05) is 11.4 Å². The second kappa shape index (κ2) is 6.24. The average Bonchev–Trinajstić information content (AvgIpc) is 3.28. The Morgan fingerprint density at radius 1 is 0.826 bits per heavy atom. The van der Waals surface area contributed by atoms with Crippen LogP contribution in [0, 0.1) is 25.7 Å². The monoisotopic (exact) mass is 308 g/mol. The number of hydrogen-bond acceptors (Lipinski definition) is 2. The Hall–Kier alpha value is -2.62. The van der Waals surface area contributed by atoms with Crippen molar-refractivity contribution >= 4 is 23.2 Å². The largest absolute Gasteiger partial charge is 0.326 e. The Morgan fingerprint density at radius 3 is 1.65 bits per heavy atom. The minimum Gasteiger partial charge on any atom is -0.326 e. The molecule has 3 rings (SSSR count). The molecule has 1 aliphatic carbocycles. The number of amides is 2. The first-order chi connectivity index (χ1) is 11.0. The zero-order valence-electron chi connectivity index (χ0n) is 13.3. The maximum Gasteiger partial charge on any atom is 0.228 e. The van der Waals surface area contributed by atoms with E-state index in [-0.39, 0.29) is 23.7 Å². The Kier molecular flexibility index (Phi) is 4.15. The van der Waals surface area contributed by atoms with Gasteiger partial charge >= 0.3 is 0 Å². The molecule has 2 aromatic rings. The molecule has 0 aromatic heterocycles. The molecule has 1 saturated carbocycles. The molecule has 4 nitrogen and oxygen atoms in total. The molecule has 118 valence electrons. The van der Waals surface area contributed by atoms with E-state index in [1.165, 1.54) is 0 Å². The molecule has 0 aliphatic heterocycles. The standard InChI is InChI=1S/C19H20N2O2/c1-12-5-3-7-14(9-12)20-18(22)16-11-17(16)19(23)21-15-8-4-6-13(2)10-15/h3-10,16-17H,11H2,1-2H3,(H,20,22)(H,21,23). The van der Waals surface area contributed by atoms with Gasteiger partial charge in [0.15, 0.2) is 0 Å². The maximum absolute atomic E-state index is 12.2. The molecule has 0 bridgehead atoms. The van der Waals surface area contributed by atoms with Gasteiger partial charge in [-0.25, -0.2) is 0 Å². The summed E-state index contributed by atoms with van der Waals surface area (Å²) >= 11 is 0. The molecule has 2 atom stereocenters. The highest BCUT2D eigenvalue weighted by Crippen LogP contribution is 2.40. The molecular weight excluding hydrogens is 288 g/mol. The average molecular weight is 308 g/mol. The number of nitrogens with one attached hydrogen (secondary N) is 2. The lowest BCUT2D eigenvalue weighted by Gasteiger charge is -2.07. The summed E-state index contributed by atoms with van der Waals surface area (Å²) in [5, 5.41) is 5.77. The van der Waals surface area contributed by atoms with E-state index >= 15 is 0 Å². The first kappa shape index (κ1) is 15.3. The maximum atomic E-state index is 12.2. The van der Waals surface area contributed by atoms with Gasteiger partial charge in [0.1, 0.15) is 0 Å². The summed E-state index contributed by atoms with van der Waals surface area (Å²) in [7, 11) is 0. The van der Waals surface area contributed by atoms with E-state index in [0.717, 1.165) is 22.5 Å². The van der Waals surface area contributed by atoms with Crippen molar-refractivity contribution in [2.75, 3.05) is 10.6 Å². The van der Waals surface area contributed by atoms with E-state index in [1.54, 1.807) is 0 Å². The highest BCUT2D eigenvalue weighted by molar-refractivity contribution is 6.03. The van der Waals surface area contributed by atoms with E-state index in [2.05, 4.69) is 10.6 Å². The molecule has 1 fully saturated rings. The van der Waals surface area contributed by atoms with Crippen LogP contribution in [0.2, 0.25) is 0 Å². The summed E-state index contributed by atoms with van der Waals surface area (Å²) in [4.78, 5) is 24.4. The van der Waals surface area contributed by atoms with Gasteiger partial charge in [-0.1, -0.05) is 24.3 Å². The summed E-state index contributed by atoms with van der Waals surface area (Å²) in [6.07, 6.45) is 0.606. The highest BCUT2D eigenvalue weighted by atomic mass is 16.2. The molecule has 0 saturated heterocycles. The van der Waals surface area contributed by atoms with Crippen molar-refractivity contribution in [1.82, 2.24) is 0 Å². The van der Waals surface area contributed by atoms with Crippen LogP contribution in [0.4, 0.5) is 11.4 Å². The third-order valence-electron chi connectivity index (χ3n) is 4.04. The summed E-state index contributed by atoms with van der Waals surface area (Å²) in [5.41, 5.74) is 3.74. The predicted molar refractivity (Wildman–Crippen MR) is 91.2 cm³/mol. The Labute approximate surface area is 135 Å². The predicted octanol–water partition coefficient (Wildman–Crippen LogP) is 3.52. The number of carbonyl (C=O) groups is 2. The first-order valence-electron chi connectivity index (χ1n) is 7.78. The fourth-order valence-corrected chi connectivity index (χ4v) is 2.69. The molecule has 2 N–H and O–H groups in total. The SMILES string of the molecule is Cc1cccc(NC(=O)C2CC2C(=O)Nc2cccc(C)c2)c1. The van der Waals surface area contributed by atoms with Gasteiger partial charge in [-0.15, -0.1) is 0 Å². The quantitative estimate of drug-likeness (QED) is 0.908. The number of carbonyl (C=O) groups excluding carboxylic acids is 2. The lowest BCUT2D eigenvalue weighted by molar-refractivity contribution is -0.122. The van der Waals surface area contributed by atoms with Gasteiger partial charge in [-0.2, -0.15) is 0 Å². The summed E-state index contributed by atoms with van der Waals surface area (Å²) < 4.78 is 0. The lowest BCUT2D eigenvalue weighted by atomic mass is 10.2. The lowest BCUT2D eigenvalue weighted by Crippen LogP contribution is -2.20. The topological polar surface area (TPSA) is 58.2 Å². The second-order valence-electron chi connectivity index (χ2n) is 6.17. The zero-order chi connectivity index (χ0) is 16.4. The number of hydrogen-bond donors (Lipinski definition) is 2. The van der Waals surface area contributed by atoms with Crippen molar-refractivity contribution in [1.29, 1.82) is 0 Å². The molecule has 0 heterocycles. The van der Waals surface area contributed by atoms with Crippen LogP contribution in [0.5, 0.6) is 0 Å². The van der Waals surface area contributed by atoms with Gasteiger partial charge in [-0.3, -0.25) is 9.59 Å². The fraction of sp³-hybridized carbons (Fsp3) is 0.263. The van der Waals surface area contributed by atoms with Crippen molar-refractivity contribution in [3.63, 3.8) is 0 Å². The van der Waals surface area contributed by atoms with Gasteiger partial charge in [-0.05, 0) is 55.7 Å². The van der Waals surface area contributed by atoms with Gasteiger partial charge in [0.05, 0.1) is 11.8 Å². The number of anilines is 2. The normalized spacial score (nSPS) is 19.0. The number of benzene rings is 2. The third kappa shape index (κ3) is 3.77. The second-order valence-corrected chi connectivity index (χ2v) is 6.17. The van der Waals surface area contributed by atoms with E-state index in [0.29, 0.717) is 6.42 Å². The van der Waals surface area contributed by atoms with Crippen LogP contribution in [0.15, 0.2) is 48.5 Å². The van der Waals surface area contributed by atoms with Crippen LogP contribution in [0.25, 0.3) is 0 Å². The highest BCUT2D eigenvalue weighted by Gasteiger charge is 2.48. The number of aryl methyl sites for hydroxylation is 2. The molecule has 0 spiro atoms. The van der Waals surface area contributed by atoms with Crippen LogP contribution < -0.4 is 10.6 Å². The Balaban J connectivity index is 1.56. The Morgan fingerprint density at radius 2 is 1.26 bits per heavy atom. The van der Waals surface area contributed by atoms with E-state index < -0.39 is 0 Å². The zero-order valence-corrected chi connectivity index (χ0v) is 13.3. The van der Waals surface area contributed by atoms with Gasteiger partial charge < -0.3 is 10.6 Å². The first-order valence-corrected chi connectivity index (χ1v) is 7.78. The summed E-state index contributed by atoms with van der Waals surface area (Å²) in [5.74, 6) is -0.638. The van der Waals surface area contributed by atoms with Gasteiger partial charge in [0.25, 0.3) is 0 Å². The van der Waals surface area contributed by atoms with Crippen LogP contribution >= 0.6 is 0 Å². The number of rotatable bonds is 4. The van der Waals surface area contributed by atoms with Crippen LogP contribution in [0.3, 0.4) is 0 Å². The van der Waals surface area contributed by atoms with Crippen molar-refractivity contribution in [2.45, 2.75) is 20.3 Å². The molecule has 2 aromatic carbocycles. The molecular formula is C19H20N2O2. The van der Waals surface area contributed by atoms with Crippen LogP contribution in [-0.2, 0) is 9.59 Å². The van der Waals surface area contributed by atoms with Crippen LogP contribution in [-0.4, -0.2) is 11.8 Å². The van der Waals surface area contributed by atoms with Crippen molar-refractivity contribution in [3.05, 3.63) is 59.7 Å². The fourth-order valence-electron chi connectivity index (χ4n) is 2.69.